The summed E-state index contributed by atoms with van der Waals surface area (Å²) in [6.45, 7) is 1.75. The Hall–Kier alpha value is -3.18. The number of anilines is 1. The molecule has 0 heterocycles. The van der Waals surface area contributed by atoms with Crippen LogP contribution in [0.5, 0.6) is 5.75 Å². The fourth-order valence-electron chi connectivity index (χ4n) is 2.79. The Morgan fingerprint density at radius 2 is 1.72 bits per heavy atom. The van der Waals surface area contributed by atoms with E-state index in [1.807, 2.05) is 6.07 Å². The van der Waals surface area contributed by atoms with Crippen molar-refractivity contribution in [2.75, 3.05) is 5.32 Å². The molecule has 1 amide bonds. The predicted molar refractivity (Wildman–Crippen MR) is 111 cm³/mol. The van der Waals surface area contributed by atoms with E-state index in [1.54, 1.807) is 55.5 Å². The Morgan fingerprint density at radius 3 is 2.41 bits per heavy atom. The van der Waals surface area contributed by atoms with Crippen LogP contribution in [-0.2, 0) is 4.79 Å². The second-order valence-corrected chi connectivity index (χ2v) is 6.76. The molecular formula is C23H19ClFNO3. The van der Waals surface area contributed by atoms with Gasteiger partial charge in [0.1, 0.15) is 0 Å². The van der Waals surface area contributed by atoms with E-state index in [4.69, 9.17) is 16.3 Å². The van der Waals surface area contributed by atoms with Crippen LogP contribution >= 0.6 is 11.6 Å². The van der Waals surface area contributed by atoms with Gasteiger partial charge in [0.25, 0.3) is 5.91 Å². The molecule has 148 valence electrons. The Balaban J connectivity index is 1.84. The number of benzene rings is 3. The molecule has 29 heavy (non-hydrogen) atoms. The van der Waals surface area contributed by atoms with Crippen molar-refractivity contribution < 1.29 is 18.7 Å². The van der Waals surface area contributed by atoms with Crippen molar-refractivity contribution in [1.82, 2.24) is 0 Å². The summed E-state index contributed by atoms with van der Waals surface area (Å²) in [5, 5.41) is 3.09. The van der Waals surface area contributed by atoms with Crippen molar-refractivity contribution in [3.8, 4) is 5.75 Å². The Morgan fingerprint density at radius 1 is 1.03 bits per heavy atom. The van der Waals surface area contributed by atoms with Crippen molar-refractivity contribution in [2.45, 2.75) is 19.4 Å². The van der Waals surface area contributed by atoms with E-state index >= 15 is 0 Å². The number of ether oxygens (including phenoxy) is 1. The molecule has 0 aromatic heterocycles. The van der Waals surface area contributed by atoms with Crippen molar-refractivity contribution in [3.63, 3.8) is 0 Å². The molecule has 0 bridgehead atoms. The molecule has 1 N–H and O–H groups in total. The van der Waals surface area contributed by atoms with Crippen LogP contribution < -0.4 is 10.1 Å². The minimum Gasteiger partial charge on any atom is -0.478 e. The Kier molecular flexibility index (Phi) is 6.62. The van der Waals surface area contributed by atoms with Gasteiger partial charge in [-0.05, 0) is 36.8 Å². The number of nitrogens with one attached hydrogen (secondary N) is 1. The molecule has 6 heteroatoms. The smallest absolute Gasteiger partial charge is 0.265 e. The van der Waals surface area contributed by atoms with Gasteiger partial charge >= 0.3 is 0 Å². The quantitative estimate of drug-likeness (QED) is 0.522. The molecule has 0 fully saturated rings. The van der Waals surface area contributed by atoms with Crippen molar-refractivity contribution in [2.24, 2.45) is 0 Å². The van der Waals surface area contributed by atoms with E-state index in [2.05, 4.69) is 5.32 Å². The van der Waals surface area contributed by atoms with Gasteiger partial charge < -0.3 is 10.1 Å². The highest BCUT2D eigenvalue weighted by Crippen LogP contribution is 2.25. The van der Waals surface area contributed by atoms with Crippen LogP contribution in [0.2, 0.25) is 5.02 Å². The van der Waals surface area contributed by atoms with E-state index in [0.717, 1.165) is 0 Å². The third-order valence-corrected chi connectivity index (χ3v) is 4.52. The minimum atomic E-state index is -0.928. The normalized spacial score (nSPS) is 11.6. The number of carbonyl (C=O) groups excluding carboxylic acids is 2. The Bertz CT molecular complexity index is 1020. The summed E-state index contributed by atoms with van der Waals surface area (Å²) in [7, 11) is 0. The van der Waals surface area contributed by atoms with E-state index in [-0.39, 0.29) is 17.1 Å². The first kappa shape index (κ1) is 20.6. The zero-order valence-corrected chi connectivity index (χ0v) is 16.4. The first-order chi connectivity index (χ1) is 14.0. The third kappa shape index (κ3) is 5.00. The zero-order valence-electron chi connectivity index (χ0n) is 15.7. The van der Waals surface area contributed by atoms with E-state index in [0.29, 0.717) is 22.7 Å². The number of carbonyl (C=O) groups is 2. The molecule has 0 radical (unpaired) electrons. The first-order valence-corrected chi connectivity index (χ1v) is 9.48. The molecule has 0 spiro atoms. The molecule has 0 aliphatic carbocycles. The molecule has 4 nitrogen and oxygen atoms in total. The molecule has 0 saturated carbocycles. The monoisotopic (exact) mass is 411 g/mol. The molecule has 0 aliphatic rings. The summed E-state index contributed by atoms with van der Waals surface area (Å²) in [5.41, 5.74) is 1.04. The van der Waals surface area contributed by atoms with Crippen molar-refractivity contribution in [1.29, 1.82) is 0 Å². The largest absolute Gasteiger partial charge is 0.478 e. The highest BCUT2D eigenvalue weighted by Gasteiger charge is 2.22. The van der Waals surface area contributed by atoms with Crippen LogP contribution in [0.4, 0.5) is 10.1 Å². The van der Waals surface area contributed by atoms with Crippen LogP contribution in [0.3, 0.4) is 0 Å². The maximum atomic E-state index is 13.9. The van der Waals surface area contributed by atoms with Gasteiger partial charge in [0, 0.05) is 16.1 Å². The second-order valence-electron chi connectivity index (χ2n) is 6.32. The topological polar surface area (TPSA) is 55.4 Å². The summed E-state index contributed by atoms with van der Waals surface area (Å²) < 4.78 is 19.4. The van der Waals surface area contributed by atoms with Crippen LogP contribution in [0, 0.1) is 5.82 Å². The lowest BCUT2D eigenvalue weighted by Gasteiger charge is -2.19. The van der Waals surface area contributed by atoms with E-state index in [1.165, 1.54) is 18.2 Å². The lowest BCUT2D eigenvalue weighted by molar-refractivity contribution is -0.122. The molecule has 3 rings (SSSR count). The molecule has 0 saturated heterocycles. The van der Waals surface area contributed by atoms with Crippen molar-refractivity contribution in [3.05, 3.63) is 94.8 Å². The van der Waals surface area contributed by atoms with Gasteiger partial charge in [0.05, 0.1) is 5.69 Å². The number of amides is 1. The highest BCUT2D eigenvalue weighted by molar-refractivity contribution is 6.31. The maximum Gasteiger partial charge on any atom is 0.265 e. The summed E-state index contributed by atoms with van der Waals surface area (Å²) in [6.07, 6.45) is -0.613. The fourth-order valence-corrected chi connectivity index (χ4v) is 2.96. The van der Waals surface area contributed by atoms with Gasteiger partial charge in [0.15, 0.2) is 23.5 Å². The number of rotatable bonds is 7. The number of para-hydroxylation sites is 1. The van der Waals surface area contributed by atoms with Gasteiger partial charge in [-0.15, -0.1) is 0 Å². The molecule has 0 aliphatic heterocycles. The maximum absolute atomic E-state index is 13.9. The molecular weight excluding hydrogens is 393 g/mol. The average molecular weight is 412 g/mol. The molecule has 3 aromatic carbocycles. The van der Waals surface area contributed by atoms with Crippen LogP contribution in [0.25, 0.3) is 0 Å². The fraction of sp³-hybridized carbons (Fsp3) is 0.130. The number of halogens is 2. The lowest BCUT2D eigenvalue weighted by Crippen LogP contribution is -2.33. The van der Waals surface area contributed by atoms with E-state index in [9.17, 15) is 14.0 Å². The first-order valence-electron chi connectivity index (χ1n) is 9.11. The predicted octanol–water partition coefficient (Wildman–Crippen LogP) is 5.51. The second kappa shape index (κ2) is 9.34. The van der Waals surface area contributed by atoms with Crippen LogP contribution in [0.15, 0.2) is 72.8 Å². The zero-order chi connectivity index (χ0) is 20.8. The number of hydrogen-bond donors (Lipinski definition) is 1. The molecule has 0 unspecified atom stereocenters. The third-order valence-electron chi connectivity index (χ3n) is 4.29. The van der Waals surface area contributed by atoms with Crippen LogP contribution in [0.1, 0.15) is 29.3 Å². The van der Waals surface area contributed by atoms with Crippen molar-refractivity contribution >= 4 is 29.0 Å². The summed E-state index contributed by atoms with van der Waals surface area (Å²) in [5.74, 6) is -1.32. The molecule has 1 atom stereocenters. The SMILES string of the molecule is CC[C@H](Oc1ccccc1F)C(=O)Nc1ccc(Cl)cc1C(=O)c1ccccc1. The minimum absolute atomic E-state index is 0.00816. The highest BCUT2D eigenvalue weighted by atomic mass is 35.5. The Labute approximate surface area is 173 Å². The summed E-state index contributed by atoms with van der Waals surface area (Å²) in [6, 6.07) is 19.2. The summed E-state index contributed by atoms with van der Waals surface area (Å²) in [4.78, 5) is 25.6. The summed E-state index contributed by atoms with van der Waals surface area (Å²) >= 11 is 6.07. The van der Waals surface area contributed by atoms with Gasteiger partial charge in [-0.2, -0.15) is 0 Å². The standard InChI is InChI=1S/C23H19ClFNO3/c1-2-20(29-21-11-7-6-10-18(21)25)23(28)26-19-13-12-16(24)14-17(19)22(27)15-8-4-3-5-9-15/h3-14,20H,2H2,1H3,(H,26,28)/t20-/m0/s1. The average Bonchev–Trinajstić information content (AvgIpc) is 2.74. The van der Waals surface area contributed by atoms with Gasteiger partial charge in [-0.25, -0.2) is 4.39 Å². The van der Waals surface area contributed by atoms with Gasteiger partial charge in [0.2, 0.25) is 0 Å². The van der Waals surface area contributed by atoms with Crippen LogP contribution in [-0.4, -0.2) is 17.8 Å². The number of ketones is 1. The molecule has 3 aromatic rings. The number of hydrogen-bond acceptors (Lipinski definition) is 3. The van der Waals surface area contributed by atoms with Gasteiger partial charge in [-0.1, -0.05) is 61.0 Å². The lowest BCUT2D eigenvalue weighted by atomic mass is 10.0. The van der Waals surface area contributed by atoms with Gasteiger partial charge in [-0.3, -0.25) is 9.59 Å². The van der Waals surface area contributed by atoms with E-state index < -0.39 is 17.8 Å².